The molecular formula is C22H34N2O6. The van der Waals surface area contributed by atoms with E-state index in [2.05, 4.69) is 0 Å². The topological polar surface area (TPSA) is 93.2 Å². The van der Waals surface area contributed by atoms with E-state index in [1.165, 1.54) is 0 Å². The fourth-order valence-corrected chi connectivity index (χ4v) is 2.47. The van der Waals surface area contributed by atoms with Gasteiger partial charge < -0.3 is 9.47 Å². The molecule has 168 valence electrons. The molecule has 0 saturated heterocycles. The molecule has 4 amide bonds. The van der Waals surface area contributed by atoms with Crippen LogP contribution in [0.5, 0.6) is 0 Å². The summed E-state index contributed by atoms with van der Waals surface area (Å²) in [5, 5.41) is 0. The summed E-state index contributed by atoms with van der Waals surface area (Å²) in [4.78, 5) is 51.9. The molecule has 0 aliphatic carbocycles. The van der Waals surface area contributed by atoms with Crippen LogP contribution in [0.3, 0.4) is 0 Å². The Morgan fingerprint density at radius 2 is 1.03 bits per heavy atom. The van der Waals surface area contributed by atoms with Crippen molar-refractivity contribution in [2.45, 2.75) is 78.4 Å². The maximum absolute atomic E-state index is 12.5. The SMILES string of the molecule is CC(C)(C)OC(=O)N1C/C=C/CCC(=O)N(C(=O)OC(C)(C)C)C/C=C/CCC1=O. The van der Waals surface area contributed by atoms with Gasteiger partial charge in [-0.25, -0.2) is 19.4 Å². The molecule has 1 rings (SSSR count). The molecule has 0 unspecified atom stereocenters. The van der Waals surface area contributed by atoms with Gasteiger partial charge in [-0.1, -0.05) is 24.3 Å². The van der Waals surface area contributed by atoms with E-state index in [9.17, 15) is 19.2 Å². The third kappa shape index (κ3) is 9.71. The van der Waals surface area contributed by atoms with Crippen LogP contribution in [-0.4, -0.2) is 58.1 Å². The van der Waals surface area contributed by atoms with Gasteiger partial charge in [-0.05, 0) is 54.4 Å². The Labute approximate surface area is 178 Å². The second-order valence-corrected chi connectivity index (χ2v) is 8.99. The quantitative estimate of drug-likeness (QED) is 0.543. The van der Waals surface area contributed by atoms with Crippen LogP contribution in [0.4, 0.5) is 9.59 Å². The average Bonchev–Trinajstić information content (AvgIpc) is 2.56. The second kappa shape index (κ2) is 10.9. The molecule has 1 heterocycles. The molecule has 0 saturated carbocycles. The molecule has 30 heavy (non-hydrogen) atoms. The first kappa shape index (κ1) is 25.4. The molecule has 0 aromatic rings. The zero-order valence-corrected chi connectivity index (χ0v) is 18.9. The van der Waals surface area contributed by atoms with Crippen molar-refractivity contribution in [1.29, 1.82) is 0 Å². The van der Waals surface area contributed by atoms with E-state index >= 15 is 0 Å². The smallest absolute Gasteiger partial charge is 0.417 e. The van der Waals surface area contributed by atoms with Crippen LogP contribution in [0.1, 0.15) is 67.2 Å². The molecule has 0 N–H and O–H groups in total. The number of allylic oxidation sites excluding steroid dienone is 2. The van der Waals surface area contributed by atoms with Gasteiger partial charge in [0, 0.05) is 12.8 Å². The standard InChI is InChI=1S/C22H34N2O6/c1-21(2,3)29-19(27)23-15-11-7-10-14-18(26)24(20(28)30-22(4,5)6)16-12-8-9-13-17(23)25/h7-8,11-12H,9-10,13-16H2,1-6H3/b11-7+,12-8+. The minimum Gasteiger partial charge on any atom is -0.443 e. The summed E-state index contributed by atoms with van der Waals surface area (Å²) in [6.07, 6.45) is 6.24. The van der Waals surface area contributed by atoms with Gasteiger partial charge in [0.2, 0.25) is 11.8 Å². The Kier molecular flexibility index (Phi) is 9.26. The van der Waals surface area contributed by atoms with Gasteiger partial charge in [0.15, 0.2) is 0 Å². The zero-order valence-electron chi connectivity index (χ0n) is 18.9. The zero-order chi connectivity index (χ0) is 22.9. The largest absolute Gasteiger partial charge is 0.443 e. The Morgan fingerprint density at radius 1 is 0.700 bits per heavy atom. The Balaban J connectivity index is 2.91. The van der Waals surface area contributed by atoms with Crippen LogP contribution in [0, 0.1) is 0 Å². The van der Waals surface area contributed by atoms with Crippen molar-refractivity contribution in [1.82, 2.24) is 9.80 Å². The maximum Gasteiger partial charge on any atom is 0.417 e. The van der Waals surface area contributed by atoms with Gasteiger partial charge in [0.05, 0.1) is 13.1 Å². The number of carbonyl (C=O) groups excluding carboxylic acids is 4. The first-order valence-electron chi connectivity index (χ1n) is 10.2. The van der Waals surface area contributed by atoms with E-state index in [4.69, 9.17) is 9.47 Å². The van der Waals surface area contributed by atoms with Gasteiger partial charge in [-0.3, -0.25) is 9.59 Å². The van der Waals surface area contributed by atoms with Crippen LogP contribution in [0.25, 0.3) is 0 Å². The van der Waals surface area contributed by atoms with Gasteiger partial charge in [0.1, 0.15) is 11.2 Å². The van der Waals surface area contributed by atoms with Crippen molar-refractivity contribution in [3.8, 4) is 0 Å². The summed E-state index contributed by atoms with van der Waals surface area (Å²) in [5.41, 5.74) is -1.42. The molecule has 1 aliphatic heterocycles. The molecule has 8 heteroatoms. The van der Waals surface area contributed by atoms with E-state index < -0.39 is 23.4 Å². The Morgan fingerprint density at radius 3 is 1.33 bits per heavy atom. The van der Waals surface area contributed by atoms with Crippen molar-refractivity contribution >= 4 is 24.0 Å². The molecule has 1 aliphatic rings. The fourth-order valence-electron chi connectivity index (χ4n) is 2.47. The van der Waals surface area contributed by atoms with Crippen molar-refractivity contribution in [3.63, 3.8) is 0 Å². The van der Waals surface area contributed by atoms with Gasteiger partial charge in [-0.15, -0.1) is 0 Å². The molecule has 0 atom stereocenters. The number of hydrogen-bond donors (Lipinski definition) is 0. The third-order valence-corrected chi connectivity index (χ3v) is 3.79. The molecule has 0 spiro atoms. The average molecular weight is 423 g/mol. The highest BCUT2D eigenvalue weighted by atomic mass is 16.6. The number of hydrogen-bond acceptors (Lipinski definition) is 6. The summed E-state index contributed by atoms with van der Waals surface area (Å²) < 4.78 is 10.6. The number of imide groups is 2. The van der Waals surface area contributed by atoms with Crippen LogP contribution >= 0.6 is 0 Å². The van der Waals surface area contributed by atoms with Gasteiger partial charge in [-0.2, -0.15) is 0 Å². The van der Waals surface area contributed by atoms with E-state index in [1.54, 1.807) is 65.8 Å². The van der Waals surface area contributed by atoms with E-state index in [-0.39, 0.29) is 37.7 Å². The summed E-state index contributed by atoms with van der Waals surface area (Å²) in [6.45, 7) is 10.5. The van der Waals surface area contributed by atoms with Crippen molar-refractivity contribution in [2.75, 3.05) is 13.1 Å². The highest BCUT2D eigenvalue weighted by Gasteiger charge is 2.27. The first-order valence-corrected chi connectivity index (χ1v) is 10.2. The molecular weight excluding hydrogens is 388 g/mol. The summed E-state index contributed by atoms with van der Waals surface area (Å²) in [6, 6.07) is 0. The predicted octanol–water partition coefficient (Wildman–Crippen LogP) is 4.20. The molecule has 0 fully saturated rings. The van der Waals surface area contributed by atoms with Crippen LogP contribution in [-0.2, 0) is 19.1 Å². The first-order chi connectivity index (χ1) is 13.8. The molecule has 0 bridgehead atoms. The molecule has 0 aromatic heterocycles. The van der Waals surface area contributed by atoms with Crippen molar-refractivity contribution in [2.24, 2.45) is 0 Å². The van der Waals surface area contributed by atoms with E-state index in [0.717, 1.165) is 9.80 Å². The lowest BCUT2D eigenvalue weighted by Gasteiger charge is -2.26. The highest BCUT2D eigenvalue weighted by Crippen LogP contribution is 2.14. The number of amides is 4. The summed E-state index contributed by atoms with van der Waals surface area (Å²) in [5.74, 6) is -0.702. The third-order valence-electron chi connectivity index (χ3n) is 3.79. The normalized spacial score (nSPS) is 19.7. The van der Waals surface area contributed by atoms with Crippen molar-refractivity contribution in [3.05, 3.63) is 24.3 Å². The van der Waals surface area contributed by atoms with Crippen LogP contribution in [0.15, 0.2) is 24.3 Å². The number of carbonyl (C=O) groups is 4. The summed E-state index contributed by atoms with van der Waals surface area (Å²) >= 11 is 0. The minimum absolute atomic E-state index is 0.0570. The van der Waals surface area contributed by atoms with E-state index in [0.29, 0.717) is 12.8 Å². The lowest BCUT2D eigenvalue weighted by Crippen LogP contribution is -2.41. The van der Waals surface area contributed by atoms with Crippen LogP contribution in [0.2, 0.25) is 0 Å². The number of ether oxygens (including phenoxy) is 2. The molecule has 8 nitrogen and oxygen atoms in total. The minimum atomic E-state index is -0.711. The lowest BCUT2D eigenvalue weighted by molar-refractivity contribution is -0.131. The highest BCUT2D eigenvalue weighted by molar-refractivity contribution is 5.93. The second-order valence-electron chi connectivity index (χ2n) is 8.99. The Bertz CT molecular complexity index is 637. The fraction of sp³-hybridized carbons (Fsp3) is 0.636. The number of nitrogens with zero attached hydrogens (tertiary/aromatic N) is 2. The maximum atomic E-state index is 12.5. The molecule has 0 aromatic carbocycles. The summed E-state index contributed by atoms with van der Waals surface area (Å²) in [7, 11) is 0. The van der Waals surface area contributed by atoms with Crippen molar-refractivity contribution < 1.29 is 28.7 Å². The van der Waals surface area contributed by atoms with Crippen LogP contribution < -0.4 is 0 Å². The van der Waals surface area contributed by atoms with E-state index in [1.807, 2.05) is 0 Å². The lowest BCUT2D eigenvalue weighted by atomic mass is 10.2. The number of rotatable bonds is 0. The Hall–Kier alpha value is -2.64. The van der Waals surface area contributed by atoms with Gasteiger partial charge >= 0.3 is 12.2 Å². The molecule has 0 radical (unpaired) electrons. The predicted molar refractivity (Wildman–Crippen MR) is 113 cm³/mol. The monoisotopic (exact) mass is 422 g/mol. The van der Waals surface area contributed by atoms with Gasteiger partial charge in [0.25, 0.3) is 0 Å².